The number of rotatable bonds is 7. The molecule has 1 aliphatic carbocycles. The molecule has 0 radical (unpaired) electrons. The first-order valence-electron chi connectivity index (χ1n) is 8.47. The van der Waals surface area contributed by atoms with Crippen molar-refractivity contribution in [1.29, 1.82) is 0 Å². The molecule has 1 aromatic rings. The average Bonchev–Trinajstić information content (AvgIpc) is 3.10. The number of carbonyl (C=O) groups is 1. The summed E-state index contributed by atoms with van der Waals surface area (Å²) >= 11 is 0. The van der Waals surface area contributed by atoms with Crippen molar-refractivity contribution in [3.63, 3.8) is 0 Å². The van der Waals surface area contributed by atoms with E-state index in [1.165, 1.54) is 6.07 Å². The number of hydrogen-bond donors (Lipinski definition) is 2. The monoisotopic (exact) mass is 386 g/mol. The van der Waals surface area contributed by atoms with Gasteiger partial charge in [0.15, 0.2) is 9.84 Å². The Balaban J connectivity index is 2.04. The third kappa shape index (κ3) is 4.33. The third-order valence-electron chi connectivity index (χ3n) is 4.83. The fraction of sp³-hybridized carbons (Fsp3) is 0.647. The average molecular weight is 386 g/mol. The molecule has 0 aliphatic heterocycles. The summed E-state index contributed by atoms with van der Waals surface area (Å²) in [6.07, 6.45) is 2.20. The molecule has 0 atom stereocenters. The van der Waals surface area contributed by atoms with Crippen LogP contribution < -0.4 is 5.32 Å². The van der Waals surface area contributed by atoms with Gasteiger partial charge in [0.25, 0.3) is 5.91 Å². The van der Waals surface area contributed by atoms with E-state index in [9.17, 15) is 18.3 Å². The van der Waals surface area contributed by atoms with E-state index < -0.39 is 31.3 Å². The number of amides is 1. The Hall–Kier alpha value is -1.71. The van der Waals surface area contributed by atoms with Gasteiger partial charge in [0.05, 0.1) is 23.7 Å². The minimum atomic E-state index is -3.80. The van der Waals surface area contributed by atoms with Crippen LogP contribution in [0.25, 0.3) is 0 Å². The molecular formula is C17H26N2O6S. The lowest BCUT2D eigenvalue weighted by Gasteiger charge is -2.27. The first-order valence-corrected chi connectivity index (χ1v) is 10.0. The summed E-state index contributed by atoms with van der Waals surface area (Å²) in [4.78, 5) is 11.8. The molecule has 2 N–H and O–H groups in total. The number of sulfone groups is 1. The number of methoxy groups -OCH3 is 1. The Kier molecular flexibility index (Phi) is 6.25. The molecule has 26 heavy (non-hydrogen) atoms. The fourth-order valence-corrected chi connectivity index (χ4v) is 4.43. The van der Waals surface area contributed by atoms with E-state index in [-0.39, 0.29) is 18.6 Å². The molecule has 0 saturated heterocycles. The number of nitrogens with one attached hydrogen (secondary N) is 1. The van der Waals surface area contributed by atoms with Crippen LogP contribution in [0.4, 0.5) is 5.88 Å². The molecule has 1 aliphatic rings. The maximum absolute atomic E-state index is 12.6. The summed E-state index contributed by atoms with van der Waals surface area (Å²) in [5.74, 6) is -0.839. The van der Waals surface area contributed by atoms with Gasteiger partial charge in [-0.3, -0.25) is 10.1 Å². The SMILES string of the molecule is C=C(C(=O)Nc1cc(C(C)(C)CO)no1)S(=O)(=O)[C@H]1CC[C@@H](OC)CC1. The van der Waals surface area contributed by atoms with Crippen molar-refractivity contribution in [2.75, 3.05) is 19.0 Å². The van der Waals surface area contributed by atoms with Gasteiger partial charge < -0.3 is 14.4 Å². The maximum atomic E-state index is 12.6. The number of aromatic nitrogens is 1. The molecule has 2 rings (SSSR count). The van der Waals surface area contributed by atoms with Crippen LogP contribution in [0.2, 0.25) is 0 Å². The van der Waals surface area contributed by atoms with Gasteiger partial charge in [-0.1, -0.05) is 25.6 Å². The third-order valence-corrected chi connectivity index (χ3v) is 7.05. The van der Waals surface area contributed by atoms with E-state index in [0.717, 1.165) is 0 Å². The van der Waals surface area contributed by atoms with Crippen LogP contribution in [-0.2, 0) is 24.8 Å². The molecule has 1 fully saturated rings. The van der Waals surface area contributed by atoms with Crippen LogP contribution in [0, 0.1) is 0 Å². The summed E-state index contributed by atoms with van der Waals surface area (Å²) in [5.41, 5.74) is -0.197. The van der Waals surface area contributed by atoms with Crippen molar-refractivity contribution in [2.45, 2.75) is 56.3 Å². The summed E-state index contributed by atoms with van der Waals surface area (Å²) in [6.45, 7) is 6.84. The number of aliphatic hydroxyl groups excluding tert-OH is 1. The molecule has 146 valence electrons. The van der Waals surface area contributed by atoms with E-state index in [1.54, 1.807) is 21.0 Å². The maximum Gasteiger partial charge on any atom is 0.268 e. The minimum Gasteiger partial charge on any atom is -0.395 e. The number of anilines is 1. The first kappa shape index (κ1) is 20.6. The predicted molar refractivity (Wildman–Crippen MR) is 96.4 cm³/mol. The highest BCUT2D eigenvalue weighted by Gasteiger charge is 2.35. The van der Waals surface area contributed by atoms with Gasteiger partial charge in [-0.15, -0.1) is 0 Å². The van der Waals surface area contributed by atoms with Crippen LogP contribution in [0.1, 0.15) is 45.2 Å². The number of carbonyl (C=O) groups excluding carboxylic acids is 1. The zero-order chi connectivity index (χ0) is 19.5. The molecule has 1 saturated carbocycles. The van der Waals surface area contributed by atoms with Gasteiger partial charge >= 0.3 is 0 Å². The molecule has 0 bridgehead atoms. The van der Waals surface area contributed by atoms with Crippen molar-refractivity contribution in [3.8, 4) is 0 Å². The summed E-state index contributed by atoms with van der Waals surface area (Å²) in [5, 5.41) is 14.9. The van der Waals surface area contributed by atoms with Crippen LogP contribution in [0.3, 0.4) is 0 Å². The molecule has 1 amide bonds. The standard InChI is InChI=1S/C17H26N2O6S/c1-11(26(22,23)13-7-5-12(24-4)6-8-13)16(21)18-15-9-14(19-25-15)17(2,3)10-20/h9,12-13,20H,1,5-8,10H2,2-4H3,(H,18,21)/t12-,13+. The Bertz CT molecular complexity index is 760. The highest BCUT2D eigenvalue weighted by molar-refractivity contribution is 7.96. The minimum absolute atomic E-state index is 0.00552. The molecule has 0 aromatic carbocycles. The van der Waals surface area contributed by atoms with Gasteiger partial charge in [0, 0.05) is 18.6 Å². The van der Waals surface area contributed by atoms with Gasteiger partial charge in [-0.25, -0.2) is 8.42 Å². The molecule has 8 nitrogen and oxygen atoms in total. The number of ether oxygens (including phenoxy) is 1. The van der Waals surface area contributed by atoms with E-state index in [1.807, 2.05) is 0 Å². The van der Waals surface area contributed by atoms with Crippen molar-refractivity contribution >= 4 is 21.6 Å². The fourth-order valence-electron chi connectivity index (χ4n) is 2.82. The quantitative estimate of drug-likeness (QED) is 0.685. The second kappa shape index (κ2) is 7.89. The first-order chi connectivity index (χ1) is 12.1. The lowest BCUT2D eigenvalue weighted by atomic mass is 9.91. The number of hydrogen-bond acceptors (Lipinski definition) is 7. The molecule has 0 unspecified atom stereocenters. The summed E-state index contributed by atoms with van der Waals surface area (Å²) in [6, 6.07) is 1.46. The summed E-state index contributed by atoms with van der Waals surface area (Å²) in [7, 11) is -2.20. The molecule has 0 spiro atoms. The van der Waals surface area contributed by atoms with Gasteiger partial charge in [-0.05, 0) is 25.7 Å². The Morgan fingerprint density at radius 2 is 2.04 bits per heavy atom. The van der Waals surface area contributed by atoms with E-state index >= 15 is 0 Å². The molecule has 1 heterocycles. The predicted octanol–water partition coefficient (Wildman–Crippen LogP) is 1.77. The van der Waals surface area contributed by atoms with Gasteiger partial charge in [0.1, 0.15) is 4.91 Å². The second-order valence-corrected chi connectivity index (χ2v) is 9.42. The van der Waals surface area contributed by atoms with Crippen LogP contribution in [0.15, 0.2) is 22.1 Å². The molecule has 1 aromatic heterocycles. The topological polar surface area (TPSA) is 119 Å². The zero-order valence-electron chi connectivity index (χ0n) is 15.3. The molecule has 9 heteroatoms. The highest BCUT2D eigenvalue weighted by atomic mass is 32.2. The lowest BCUT2D eigenvalue weighted by Crippen LogP contribution is -2.33. The zero-order valence-corrected chi connectivity index (χ0v) is 16.1. The number of nitrogens with zero attached hydrogens (tertiary/aromatic N) is 1. The van der Waals surface area contributed by atoms with E-state index in [0.29, 0.717) is 31.4 Å². The smallest absolute Gasteiger partial charge is 0.268 e. The van der Waals surface area contributed by atoms with Crippen molar-refractivity contribution < 1.29 is 27.6 Å². The van der Waals surface area contributed by atoms with Crippen LogP contribution in [-0.4, -0.2) is 49.7 Å². The van der Waals surface area contributed by atoms with Crippen LogP contribution in [0.5, 0.6) is 0 Å². The van der Waals surface area contributed by atoms with Gasteiger partial charge in [0.2, 0.25) is 5.88 Å². The number of aliphatic hydroxyl groups is 1. The normalized spacial score (nSPS) is 21.4. The van der Waals surface area contributed by atoms with E-state index in [4.69, 9.17) is 9.26 Å². The van der Waals surface area contributed by atoms with Crippen molar-refractivity contribution in [3.05, 3.63) is 23.2 Å². The molecular weight excluding hydrogens is 360 g/mol. The lowest BCUT2D eigenvalue weighted by molar-refractivity contribution is -0.112. The Labute approximate surface area is 153 Å². The van der Waals surface area contributed by atoms with Crippen molar-refractivity contribution in [1.82, 2.24) is 5.16 Å². The largest absolute Gasteiger partial charge is 0.395 e. The van der Waals surface area contributed by atoms with Crippen molar-refractivity contribution in [2.24, 2.45) is 0 Å². The van der Waals surface area contributed by atoms with Crippen LogP contribution >= 0.6 is 0 Å². The van der Waals surface area contributed by atoms with E-state index in [2.05, 4.69) is 17.1 Å². The van der Waals surface area contributed by atoms with Gasteiger partial charge in [-0.2, -0.15) is 0 Å². The second-order valence-electron chi connectivity index (χ2n) is 7.18. The Morgan fingerprint density at radius 1 is 1.42 bits per heavy atom. The summed E-state index contributed by atoms with van der Waals surface area (Å²) < 4.78 is 35.5. The Morgan fingerprint density at radius 3 is 2.58 bits per heavy atom. The highest BCUT2D eigenvalue weighted by Crippen LogP contribution is 2.30.